The van der Waals surface area contributed by atoms with Crippen LogP contribution in [0.1, 0.15) is 85.5 Å². The summed E-state index contributed by atoms with van der Waals surface area (Å²) < 4.78 is 77.1. The lowest BCUT2D eigenvalue weighted by atomic mass is 9.44. The van der Waals surface area contributed by atoms with E-state index in [0.29, 0.717) is 0 Å². The molecule has 19 heteroatoms. The second-order valence-corrected chi connectivity index (χ2v) is 17.3. The van der Waals surface area contributed by atoms with Crippen molar-refractivity contribution in [2.24, 2.45) is 16.7 Å². The van der Waals surface area contributed by atoms with E-state index in [0.717, 1.165) is 26.0 Å². The number of ketones is 1. The summed E-state index contributed by atoms with van der Waals surface area (Å²) in [7, 11) is 0. The molecule has 0 spiro atoms. The van der Waals surface area contributed by atoms with Crippen LogP contribution in [0.4, 0.5) is 18.0 Å². The molecule has 1 heterocycles. The fourth-order valence-electron chi connectivity index (χ4n) is 9.14. The van der Waals surface area contributed by atoms with Gasteiger partial charge < -0.3 is 49.1 Å². The Kier molecular flexibility index (Phi) is 12.2. The van der Waals surface area contributed by atoms with Gasteiger partial charge in [0.1, 0.15) is 41.4 Å². The van der Waals surface area contributed by atoms with Crippen LogP contribution in [-0.4, -0.2) is 124 Å². The summed E-state index contributed by atoms with van der Waals surface area (Å²) in [5.41, 5.74) is -10.4. The van der Waals surface area contributed by atoms with E-state index in [1.807, 2.05) is 0 Å². The van der Waals surface area contributed by atoms with Crippen LogP contribution < -0.4 is 5.32 Å². The van der Waals surface area contributed by atoms with Crippen molar-refractivity contribution in [3.63, 3.8) is 0 Å². The van der Waals surface area contributed by atoms with Crippen molar-refractivity contribution >= 4 is 35.8 Å². The van der Waals surface area contributed by atoms with Crippen molar-refractivity contribution < 1.29 is 85.7 Å². The third-order valence-corrected chi connectivity index (χ3v) is 12.0. The molecule has 1 aliphatic heterocycles. The highest BCUT2D eigenvalue weighted by Gasteiger charge is 2.78. The summed E-state index contributed by atoms with van der Waals surface area (Å²) in [4.78, 5) is 81.1. The Hall–Kier alpha value is -4.59. The molecule has 4 N–H and O–H groups in total. The van der Waals surface area contributed by atoms with Crippen LogP contribution in [0.15, 0.2) is 35.4 Å². The molecule has 0 unspecified atom stereocenters. The van der Waals surface area contributed by atoms with E-state index in [4.69, 9.17) is 28.4 Å². The maximum atomic E-state index is 15.3. The monoisotopic (exact) mass is 841 g/mol. The van der Waals surface area contributed by atoms with Crippen LogP contribution in [0.3, 0.4) is 0 Å². The second-order valence-electron chi connectivity index (χ2n) is 17.3. The second kappa shape index (κ2) is 15.8. The number of nitrogens with one attached hydrogen (secondary N) is 1. The van der Waals surface area contributed by atoms with Gasteiger partial charge in [-0.05, 0) is 64.0 Å². The minimum Gasteiger partial charge on any atom is -0.456 e. The summed E-state index contributed by atoms with van der Waals surface area (Å²) in [5, 5.41) is 38.0. The predicted octanol–water partition coefficient (Wildman–Crippen LogP) is 2.86. The zero-order valence-corrected chi connectivity index (χ0v) is 34.0. The number of esters is 4. The lowest BCUT2D eigenvalue weighted by Crippen LogP contribution is -2.82. The van der Waals surface area contributed by atoms with Gasteiger partial charge in [-0.2, -0.15) is 0 Å². The van der Waals surface area contributed by atoms with Crippen molar-refractivity contribution in [2.45, 2.75) is 141 Å². The quantitative estimate of drug-likeness (QED) is 0.159. The number of rotatable bonds is 9. The number of ether oxygens (including phenoxy) is 6. The van der Waals surface area contributed by atoms with Crippen LogP contribution in [-0.2, 0) is 47.6 Å². The number of carbonyl (C=O) groups is 6. The molecule has 3 aliphatic carbocycles. The minimum atomic E-state index is -3.55. The molecule has 2 bridgehead atoms. The molecule has 1 saturated heterocycles. The molecule has 3 fully saturated rings. The lowest BCUT2D eigenvalue weighted by Gasteiger charge is -2.67. The van der Waals surface area contributed by atoms with E-state index in [2.05, 4.69) is 0 Å². The molecule has 1 amide bonds. The summed E-state index contributed by atoms with van der Waals surface area (Å²) in [6, 6.07) is 1.72. The number of alkyl carbamates (subject to hydrolysis) is 1. The van der Waals surface area contributed by atoms with Crippen LogP contribution in [0.5, 0.6) is 0 Å². The smallest absolute Gasteiger partial charge is 0.408 e. The third-order valence-electron chi connectivity index (χ3n) is 12.0. The SMILES string of the molecule is CC(=O)O[C@H]1C(=O)[C@@]2(C)[C@H]([C@H](OC(=O)c3cccc(F)c3)[C@]3(O)C[C@H](OC(=O)[C@H](O)[C@@H](NC(=O)OC(C)(C)C)C(F)F)C(C)=C1C3(C)C)[C@]1(OC(C)=O)CO[C@@H]1C[C@@H]2O. The highest BCUT2D eigenvalue weighted by atomic mass is 19.3. The summed E-state index contributed by atoms with van der Waals surface area (Å²) in [5.74, 6) is -8.47. The molecule has 1 aromatic carbocycles. The maximum absolute atomic E-state index is 15.3. The number of fused-ring (bicyclic) bond motifs is 5. The first kappa shape index (κ1) is 45.5. The van der Waals surface area contributed by atoms with Gasteiger partial charge >= 0.3 is 30.0 Å². The number of aliphatic hydroxyl groups is 3. The first-order valence-electron chi connectivity index (χ1n) is 18.9. The lowest BCUT2D eigenvalue weighted by molar-refractivity contribution is -0.346. The Morgan fingerprint density at radius 3 is 2.19 bits per heavy atom. The zero-order valence-electron chi connectivity index (χ0n) is 34.0. The minimum absolute atomic E-state index is 0.0596. The third kappa shape index (κ3) is 7.93. The number of Topliss-reactive ketones (excluding diaryl/α,β-unsaturated/α-hetero) is 1. The van der Waals surface area contributed by atoms with E-state index in [-0.39, 0.29) is 23.1 Å². The van der Waals surface area contributed by atoms with Crippen molar-refractivity contribution in [2.75, 3.05) is 6.61 Å². The van der Waals surface area contributed by atoms with Crippen molar-refractivity contribution in [3.05, 3.63) is 46.8 Å². The highest BCUT2D eigenvalue weighted by molar-refractivity contribution is 5.95. The topological polar surface area (TPSA) is 231 Å². The fourth-order valence-corrected chi connectivity index (χ4v) is 9.14. The average Bonchev–Trinajstić information content (AvgIpc) is 3.10. The molecule has 5 rings (SSSR count). The van der Waals surface area contributed by atoms with Gasteiger partial charge in [0.15, 0.2) is 23.6 Å². The Morgan fingerprint density at radius 2 is 1.66 bits per heavy atom. The molecule has 4 aliphatic rings. The number of carbonyl (C=O) groups excluding carboxylic acids is 6. The molecule has 0 aromatic heterocycles. The average molecular weight is 842 g/mol. The van der Waals surface area contributed by atoms with Crippen LogP contribution >= 0.6 is 0 Å². The number of aliphatic hydroxyl groups excluding tert-OH is 2. The van der Waals surface area contributed by atoms with E-state index in [9.17, 15) is 52.5 Å². The number of halogens is 3. The van der Waals surface area contributed by atoms with Crippen molar-refractivity contribution in [3.8, 4) is 0 Å². The van der Waals surface area contributed by atoms with E-state index in [1.54, 1.807) is 5.32 Å². The fraction of sp³-hybridized carbons (Fsp3) is 0.650. The van der Waals surface area contributed by atoms with Gasteiger partial charge in [-0.3, -0.25) is 14.4 Å². The number of benzene rings is 1. The van der Waals surface area contributed by atoms with Gasteiger partial charge in [0.05, 0.1) is 29.6 Å². The van der Waals surface area contributed by atoms with Gasteiger partial charge in [0, 0.05) is 32.1 Å². The Bertz CT molecular complexity index is 1930. The van der Waals surface area contributed by atoms with Crippen molar-refractivity contribution in [1.29, 1.82) is 0 Å². The van der Waals surface area contributed by atoms with Crippen LogP contribution in [0, 0.1) is 22.6 Å². The number of alkyl halides is 2. The van der Waals surface area contributed by atoms with Crippen LogP contribution in [0.25, 0.3) is 0 Å². The molecule has 2 saturated carbocycles. The van der Waals surface area contributed by atoms with Gasteiger partial charge in [-0.15, -0.1) is 0 Å². The number of amides is 1. The number of hydrogen-bond donors (Lipinski definition) is 4. The van der Waals surface area contributed by atoms with Gasteiger partial charge in [0.2, 0.25) is 0 Å². The Balaban J connectivity index is 1.74. The molecule has 1 aromatic rings. The molecule has 16 nitrogen and oxygen atoms in total. The first-order chi connectivity index (χ1) is 27.1. The molecule has 11 atom stereocenters. The molecular weight excluding hydrogens is 791 g/mol. The highest BCUT2D eigenvalue weighted by Crippen LogP contribution is 2.64. The van der Waals surface area contributed by atoms with E-state index >= 15 is 4.79 Å². The molecule has 59 heavy (non-hydrogen) atoms. The first-order valence-corrected chi connectivity index (χ1v) is 18.9. The van der Waals surface area contributed by atoms with Crippen molar-refractivity contribution in [1.82, 2.24) is 5.32 Å². The van der Waals surface area contributed by atoms with Crippen LogP contribution in [0.2, 0.25) is 0 Å². The van der Waals surface area contributed by atoms with E-state index < -0.39 is 137 Å². The van der Waals surface area contributed by atoms with Gasteiger partial charge in [0.25, 0.3) is 6.43 Å². The predicted molar refractivity (Wildman–Crippen MR) is 194 cm³/mol. The number of hydrogen-bond acceptors (Lipinski definition) is 15. The van der Waals surface area contributed by atoms with E-state index in [1.165, 1.54) is 60.6 Å². The normalized spacial score (nSPS) is 33.4. The maximum Gasteiger partial charge on any atom is 0.408 e. The zero-order chi connectivity index (χ0) is 44.4. The Labute approximate surface area is 337 Å². The molecular formula is C40H50F3NO15. The molecule has 326 valence electrons. The summed E-state index contributed by atoms with van der Waals surface area (Å²) in [6.07, 6.45) is -17.4. The molecule has 0 radical (unpaired) electrons. The van der Waals surface area contributed by atoms with Gasteiger partial charge in [-0.25, -0.2) is 27.6 Å². The summed E-state index contributed by atoms with van der Waals surface area (Å²) >= 11 is 0. The van der Waals surface area contributed by atoms with Gasteiger partial charge in [-0.1, -0.05) is 19.9 Å². The standard InChI is InChI=1S/C40H50F3NO15/c1-17-22(56-34(51)27(48)26(32(42)43)44-35(52)59-36(4,5)6)15-40(53)31(57-33(50)20-11-10-12-21(41)13-20)29-38(9,23(47)14-24-39(29,16-54-24)58-19(3)46)30(49)28(55-18(2)45)25(17)37(40,7)8/h10-13,22-24,26-29,31-32,47-48,53H,14-16H2,1-9H3,(H,44,52)/t22-,23-,24+,26+,27+,28+,29-,31-,38+,39-,40+/m0/s1. The largest absolute Gasteiger partial charge is 0.456 e. The Morgan fingerprint density at radius 1 is 1.02 bits per heavy atom. The summed E-state index contributed by atoms with van der Waals surface area (Å²) in [6.45, 7) is 11.3.